The quantitative estimate of drug-likeness (QED) is 0.535. The van der Waals surface area contributed by atoms with Crippen LogP contribution in [0.5, 0.6) is 0 Å². The first-order valence-corrected chi connectivity index (χ1v) is 3.79. The molecule has 1 rings (SSSR count). The van der Waals surface area contributed by atoms with E-state index in [0.29, 0.717) is 6.42 Å². The molecule has 0 aliphatic carbocycles. The zero-order chi connectivity index (χ0) is 8.81. The fourth-order valence-corrected chi connectivity index (χ4v) is 0.813. The molecule has 0 saturated carbocycles. The van der Waals surface area contributed by atoms with Gasteiger partial charge in [-0.05, 0) is 18.6 Å². The molecule has 0 fully saturated rings. The van der Waals surface area contributed by atoms with Gasteiger partial charge in [0.1, 0.15) is 5.82 Å². The highest BCUT2D eigenvalue weighted by Crippen LogP contribution is 2.02. The van der Waals surface area contributed by atoms with Gasteiger partial charge in [0.2, 0.25) is 0 Å². The van der Waals surface area contributed by atoms with Crippen molar-refractivity contribution in [2.45, 2.75) is 13.3 Å². The summed E-state index contributed by atoms with van der Waals surface area (Å²) in [5, 5.41) is 10.8. The van der Waals surface area contributed by atoms with Crippen molar-refractivity contribution in [3.63, 3.8) is 0 Å². The number of anilines is 1. The van der Waals surface area contributed by atoms with Gasteiger partial charge in [0.15, 0.2) is 0 Å². The summed E-state index contributed by atoms with van der Waals surface area (Å²) in [5.74, 6) is 3.32. The second-order valence-corrected chi connectivity index (χ2v) is 2.50. The molecule has 1 N–H and O–H groups in total. The normalized spacial score (nSPS) is 9.00. The first-order valence-electron chi connectivity index (χ1n) is 3.79. The molecule has 0 bridgehead atoms. The molecule has 0 unspecified atom stereocenters. The predicted molar refractivity (Wildman–Crippen MR) is 48.7 cm³/mol. The molecule has 12 heavy (non-hydrogen) atoms. The van der Waals surface area contributed by atoms with Crippen molar-refractivity contribution in [2.75, 3.05) is 11.9 Å². The molecule has 3 nitrogen and oxygen atoms in total. The van der Waals surface area contributed by atoms with Crippen molar-refractivity contribution >= 4 is 5.82 Å². The van der Waals surface area contributed by atoms with E-state index in [1.165, 1.54) is 0 Å². The minimum absolute atomic E-state index is 0.704. The molecule has 0 spiro atoms. The van der Waals surface area contributed by atoms with Gasteiger partial charge in [0.05, 0.1) is 6.20 Å². The van der Waals surface area contributed by atoms with Crippen molar-refractivity contribution < 1.29 is 0 Å². The van der Waals surface area contributed by atoms with Gasteiger partial charge >= 0.3 is 0 Å². The summed E-state index contributed by atoms with van der Waals surface area (Å²) >= 11 is 0. The van der Waals surface area contributed by atoms with Crippen LogP contribution in [0.1, 0.15) is 12.0 Å². The van der Waals surface area contributed by atoms with E-state index in [-0.39, 0.29) is 0 Å². The Kier molecular flexibility index (Phi) is 3.09. The van der Waals surface area contributed by atoms with E-state index in [4.69, 9.17) is 6.42 Å². The number of nitrogens with zero attached hydrogens (tertiary/aromatic N) is 2. The van der Waals surface area contributed by atoms with Crippen molar-refractivity contribution in [2.24, 2.45) is 0 Å². The van der Waals surface area contributed by atoms with Crippen molar-refractivity contribution in [3.8, 4) is 12.3 Å². The van der Waals surface area contributed by atoms with E-state index in [9.17, 15) is 0 Å². The van der Waals surface area contributed by atoms with Crippen LogP contribution in [0.25, 0.3) is 0 Å². The van der Waals surface area contributed by atoms with E-state index < -0.39 is 0 Å². The molecule has 1 aromatic heterocycles. The number of hydrogen-bond acceptors (Lipinski definition) is 3. The first-order chi connectivity index (χ1) is 5.83. The Hall–Kier alpha value is -1.56. The number of aryl methyl sites for hydroxylation is 1. The van der Waals surface area contributed by atoms with Crippen LogP contribution < -0.4 is 5.32 Å². The summed E-state index contributed by atoms with van der Waals surface area (Å²) < 4.78 is 0. The van der Waals surface area contributed by atoms with Crippen LogP contribution >= 0.6 is 0 Å². The van der Waals surface area contributed by atoms with Gasteiger partial charge in [-0.2, -0.15) is 5.10 Å². The first kappa shape index (κ1) is 8.54. The molecule has 62 valence electrons. The lowest BCUT2D eigenvalue weighted by atomic mass is 10.3. The Bertz CT molecular complexity index is 288. The Morgan fingerprint density at radius 1 is 1.67 bits per heavy atom. The van der Waals surface area contributed by atoms with Crippen molar-refractivity contribution in [1.29, 1.82) is 0 Å². The zero-order valence-electron chi connectivity index (χ0n) is 7.04. The fraction of sp³-hybridized carbons (Fsp3) is 0.333. The second-order valence-electron chi connectivity index (χ2n) is 2.50. The maximum Gasteiger partial charge on any atom is 0.148 e. The molecule has 1 aromatic rings. The summed E-state index contributed by atoms with van der Waals surface area (Å²) in [6, 6.07) is 1.93. The predicted octanol–water partition coefficient (Wildman–Crippen LogP) is 1.22. The average molecular weight is 161 g/mol. The highest BCUT2D eigenvalue weighted by atomic mass is 15.2. The largest absolute Gasteiger partial charge is 0.368 e. The number of nitrogens with one attached hydrogen (secondary N) is 1. The third-order valence-corrected chi connectivity index (χ3v) is 1.37. The van der Waals surface area contributed by atoms with E-state index in [1.54, 1.807) is 6.20 Å². The molecule has 0 aromatic carbocycles. The summed E-state index contributed by atoms with van der Waals surface area (Å²) in [6.07, 6.45) is 7.52. The highest BCUT2D eigenvalue weighted by molar-refractivity contribution is 5.34. The Morgan fingerprint density at radius 3 is 3.17 bits per heavy atom. The van der Waals surface area contributed by atoms with Gasteiger partial charge < -0.3 is 5.32 Å². The number of hydrogen-bond donors (Lipinski definition) is 1. The van der Waals surface area contributed by atoms with Crippen molar-refractivity contribution in [1.82, 2.24) is 10.2 Å². The van der Waals surface area contributed by atoms with E-state index in [2.05, 4.69) is 21.4 Å². The summed E-state index contributed by atoms with van der Waals surface area (Å²) in [7, 11) is 0. The van der Waals surface area contributed by atoms with E-state index in [1.807, 2.05) is 13.0 Å². The second kappa shape index (κ2) is 4.35. The standard InChI is InChI=1S/C9H11N3/c1-3-4-5-10-9-6-8(2)7-11-12-9/h1,6-7H,4-5H2,2H3,(H,10,12). The minimum Gasteiger partial charge on any atom is -0.368 e. The van der Waals surface area contributed by atoms with Crippen LogP contribution in [0.15, 0.2) is 12.3 Å². The third-order valence-electron chi connectivity index (χ3n) is 1.37. The molecule has 0 aliphatic rings. The fourth-order valence-electron chi connectivity index (χ4n) is 0.813. The number of terminal acetylenes is 1. The van der Waals surface area contributed by atoms with Crippen LogP contribution in [0, 0.1) is 19.3 Å². The third kappa shape index (κ3) is 2.59. The van der Waals surface area contributed by atoms with Crippen LogP contribution in [-0.2, 0) is 0 Å². The van der Waals surface area contributed by atoms with Gasteiger partial charge in [-0.15, -0.1) is 17.4 Å². The summed E-state index contributed by atoms with van der Waals surface area (Å²) in [6.45, 7) is 2.72. The topological polar surface area (TPSA) is 37.8 Å². The van der Waals surface area contributed by atoms with Crippen molar-refractivity contribution in [3.05, 3.63) is 17.8 Å². The number of rotatable bonds is 3. The van der Waals surface area contributed by atoms with Gasteiger partial charge in [-0.3, -0.25) is 0 Å². The Balaban J connectivity index is 2.48. The Labute approximate surface area is 72.2 Å². The Morgan fingerprint density at radius 2 is 2.50 bits per heavy atom. The molecule has 0 aliphatic heterocycles. The summed E-state index contributed by atoms with van der Waals surface area (Å²) in [5.41, 5.74) is 1.09. The molecular formula is C9H11N3. The maximum absolute atomic E-state index is 5.10. The number of aromatic nitrogens is 2. The molecule has 3 heteroatoms. The lowest BCUT2D eigenvalue weighted by molar-refractivity contribution is 0.982. The summed E-state index contributed by atoms with van der Waals surface area (Å²) in [4.78, 5) is 0. The lowest BCUT2D eigenvalue weighted by Crippen LogP contribution is -2.03. The van der Waals surface area contributed by atoms with Gasteiger partial charge in [0, 0.05) is 13.0 Å². The van der Waals surface area contributed by atoms with Crippen LogP contribution in [-0.4, -0.2) is 16.7 Å². The highest BCUT2D eigenvalue weighted by Gasteiger charge is 1.92. The maximum atomic E-state index is 5.10. The molecule has 0 saturated heterocycles. The molecule has 0 atom stereocenters. The lowest BCUT2D eigenvalue weighted by Gasteiger charge is -2.01. The monoisotopic (exact) mass is 161 g/mol. The molecule has 1 heterocycles. The minimum atomic E-state index is 0.704. The van der Waals surface area contributed by atoms with Crippen LogP contribution in [0.4, 0.5) is 5.82 Å². The van der Waals surface area contributed by atoms with Gasteiger partial charge in [-0.25, -0.2) is 0 Å². The SMILES string of the molecule is C#CCCNc1cc(C)cnn1. The average Bonchev–Trinajstić information content (AvgIpc) is 2.05. The smallest absolute Gasteiger partial charge is 0.148 e. The zero-order valence-corrected chi connectivity index (χ0v) is 7.04. The molecule has 0 amide bonds. The van der Waals surface area contributed by atoms with Crippen LogP contribution in [0.3, 0.4) is 0 Å². The van der Waals surface area contributed by atoms with Crippen LogP contribution in [0.2, 0.25) is 0 Å². The van der Waals surface area contributed by atoms with E-state index in [0.717, 1.165) is 17.9 Å². The molecular weight excluding hydrogens is 150 g/mol. The molecule has 0 radical (unpaired) electrons. The van der Waals surface area contributed by atoms with Gasteiger partial charge in [0.25, 0.3) is 0 Å². The van der Waals surface area contributed by atoms with E-state index >= 15 is 0 Å². The van der Waals surface area contributed by atoms with Gasteiger partial charge in [-0.1, -0.05) is 0 Å².